The molecule has 3 N–H and O–H groups in total. The first kappa shape index (κ1) is 14.6. The lowest BCUT2D eigenvalue weighted by Crippen LogP contribution is -2.18. The number of nitrogens with one attached hydrogen (secondary N) is 1. The Morgan fingerprint density at radius 3 is 2.10 bits per heavy atom. The van der Waals surface area contributed by atoms with Crippen LogP contribution in [0.15, 0.2) is 54.6 Å². The second-order valence-corrected chi connectivity index (χ2v) is 6.35. The van der Waals surface area contributed by atoms with Crippen LogP contribution in [-0.4, -0.2) is 20.7 Å². The van der Waals surface area contributed by atoms with Crippen LogP contribution in [0.25, 0.3) is 11.1 Å². The van der Waals surface area contributed by atoms with Gasteiger partial charge in [-0.25, -0.2) is 8.42 Å². The monoisotopic (exact) mass is 290 g/mol. The highest BCUT2D eigenvalue weighted by Gasteiger charge is 2.09. The first-order valence-electron chi connectivity index (χ1n) is 6.47. The fourth-order valence-electron chi connectivity index (χ4n) is 1.87. The van der Waals surface area contributed by atoms with Gasteiger partial charge in [0.2, 0.25) is 10.0 Å². The third-order valence-corrected chi connectivity index (χ3v) is 4.26. The molecule has 0 aliphatic rings. The molecular formula is C15H18N2O2S. The van der Waals surface area contributed by atoms with E-state index >= 15 is 0 Å². The lowest BCUT2D eigenvalue weighted by molar-refractivity contribution is 0.599. The highest BCUT2D eigenvalue weighted by atomic mass is 32.2. The van der Waals surface area contributed by atoms with Gasteiger partial charge in [-0.3, -0.25) is 4.72 Å². The molecule has 106 valence electrons. The largest absolute Gasteiger partial charge is 0.330 e. The molecule has 0 unspecified atom stereocenters. The maximum Gasteiger partial charge on any atom is 0.232 e. The molecule has 2 aromatic rings. The predicted octanol–water partition coefficient (Wildman–Crippen LogP) is 2.44. The molecular weight excluding hydrogens is 272 g/mol. The molecule has 4 nitrogen and oxygen atoms in total. The summed E-state index contributed by atoms with van der Waals surface area (Å²) in [6.45, 7) is 0.369. The molecule has 0 bridgehead atoms. The van der Waals surface area contributed by atoms with E-state index < -0.39 is 10.0 Å². The fourth-order valence-corrected chi connectivity index (χ4v) is 3.01. The molecule has 0 heterocycles. The fraction of sp³-hybridized carbons (Fsp3) is 0.200. The molecule has 0 fully saturated rings. The number of sulfonamides is 1. The Bertz CT molecular complexity index is 637. The van der Waals surface area contributed by atoms with E-state index in [1.807, 2.05) is 42.5 Å². The topological polar surface area (TPSA) is 72.2 Å². The van der Waals surface area contributed by atoms with Crippen molar-refractivity contribution in [1.29, 1.82) is 0 Å². The Morgan fingerprint density at radius 2 is 1.50 bits per heavy atom. The summed E-state index contributed by atoms with van der Waals surface area (Å²) in [6, 6.07) is 17.3. The van der Waals surface area contributed by atoms with E-state index in [0.29, 0.717) is 18.7 Å². The Morgan fingerprint density at radius 1 is 0.900 bits per heavy atom. The summed E-state index contributed by atoms with van der Waals surface area (Å²) < 4.78 is 26.0. The van der Waals surface area contributed by atoms with Gasteiger partial charge in [0, 0.05) is 5.69 Å². The first-order chi connectivity index (χ1) is 9.61. The second-order valence-electron chi connectivity index (χ2n) is 4.51. The average molecular weight is 290 g/mol. The molecule has 0 radical (unpaired) electrons. The number of hydrogen-bond acceptors (Lipinski definition) is 3. The summed E-state index contributed by atoms with van der Waals surface area (Å²) in [5.74, 6) is 0.0456. The van der Waals surface area contributed by atoms with Crippen LogP contribution in [-0.2, 0) is 10.0 Å². The minimum Gasteiger partial charge on any atom is -0.330 e. The predicted molar refractivity (Wildman–Crippen MR) is 83.0 cm³/mol. The van der Waals surface area contributed by atoms with Crippen LogP contribution in [0.2, 0.25) is 0 Å². The van der Waals surface area contributed by atoms with Crippen molar-refractivity contribution in [3.8, 4) is 11.1 Å². The van der Waals surface area contributed by atoms with Gasteiger partial charge in [0.15, 0.2) is 0 Å². The van der Waals surface area contributed by atoms with Crippen molar-refractivity contribution in [3.05, 3.63) is 54.6 Å². The Kier molecular flexibility index (Phi) is 4.76. The number of rotatable bonds is 6. The molecule has 0 saturated heterocycles. The zero-order valence-electron chi connectivity index (χ0n) is 11.1. The van der Waals surface area contributed by atoms with Crippen molar-refractivity contribution < 1.29 is 8.42 Å². The van der Waals surface area contributed by atoms with Crippen LogP contribution in [0.3, 0.4) is 0 Å². The molecule has 2 aromatic carbocycles. The average Bonchev–Trinajstić information content (AvgIpc) is 2.46. The molecule has 0 amide bonds. The Labute approximate surface area is 119 Å². The maximum absolute atomic E-state index is 11.7. The summed E-state index contributed by atoms with van der Waals surface area (Å²) in [5.41, 5.74) is 8.05. The van der Waals surface area contributed by atoms with Crippen molar-refractivity contribution >= 4 is 15.7 Å². The highest BCUT2D eigenvalue weighted by molar-refractivity contribution is 7.92. The molecule has 5 heteroatoms. The third-order valence-electron chi connectivity index (χ3n) is 2.88. The smallest absolute Gasteiger partial charge is 0.232 e. The van der Waals surface area contributed by atoms with Crippen molar-refractivity contribution in [3.63, 3.8) is 0 Å². The summed E-state index contributed by atoms with van der Waals surface area (Å²) in [7, 11) is -3.30. The number of nitrogens with two attached hydrogens (primary N) is 1. The number of hydrogen-bond donors (Lipinski definition) is 2. The van der Waals surface area contributed by atoms with Gasteiger partial charge in [-0.15, -0.1) is 0 Å². The van der Waals surface area contributed by atoms with Crippen LogP contribution >= 0.6 is 0 Å². The molecule has 2 rings (SSSR count). The molecule has 0 aromatic heterocycles. The number of anilines is 1. The standard InChI is InChI=1S/C15H18N2O2S/c16-11-4-12-20(18,19)17-15-9-7-14(8-10-15)13-5-2-1-3-6-13/h1-3,5-10,17H,4,11-12,16H2. The Hall–Kier alpha value is -1.85. The van der Waals surface area contributed by atoms with Crippen molar-refractivity contribution in [2.75, 3.05) is 17.0 Å². The first-order valence-corrected chi connectivity index (χ1v) is 8.12. The van der Waals surface area contributed by atoms with Crippen LogP contribution in [0, 0.1) is 0 Å². The number of benzene rings is 2. The van der Waals surface area contributed by atoms with E-state index in [-0.39, 0.29) is 5.75 Å². The Balaban J connectivity index is 2.09. The van der Waals surface area contributed by atoms with E-state index in [2.05, 4.69) is 4.72 Å². The molecule has 0 saturated carbocycles. The van der Waals surface area contributed by atoms with Crippen molar-refractivity contribution in [2.45, 2.75) is 6.42 Å². The zero-order chi connectivity index (χ0) is 14.4. The van der Waals surface area contributed by atoms with Gasteiger partial charge < -0.3 is 5.73 Å². The lowest BCUT2D eigenvalue weighted by Gasteiger charge is -2.08. The minimum absolute atomic E-state index is 0.0456. The van der Waals surface area contributed by atoms with Crippen LogP contribution in [0.1, 0.15) is 6.42 Å². The summed E-state index contributed by atoms with van der Waals surface area (Å²) in [4.78, 5) is 0. The van der Waals surface area contributed by atoms with Crippen LogP contribution < -0.4 is 10.5 Å². The minimum atomic E-state index is -3.30. The van der Waals surface area contributed by atoms with Gasteiger partial charge in [0.05, 0.1) is 5.75 Å². The van der Waals surface area contributed by atoms with Gasteiger partial charge in [0.25, 0.3) is 0 Å². The maximum atomic E-state index is 11.7. The zero-order valence-corrected chi connectivity index (χ0v) is 11.9. The highest BCUT2D eigenvalue weighted by Crippen LogP contribution is 2.21. The SMILES string of the molecule is NCCCS(=O)(=O)Nc1ccc(-c2ccccc2)cc1. The normalized spacial score (nSPS) is 11.2. The van der Waals surface area contributed by atoms with Crippen LogP contribution in [0.4, 0.5) is 5.69 Å². The van der Waals surface area contributed by atoms with Gasteiger partial charge in [-0.1, -0.05) is 42.5 Å². The summed E-state index contributed by atoms with van der Waals surface area (Å²) in [5, 5.41) is 0. The molecule has 0 aliphatic carbocycles. The van der Waals surface area contributed by atoms with Crippen LogP contribution in [0.5, 0.6) is 0 Å². The molecule has 0 aliphatic heterocycles. The van der Waals surface area contributed by atoms with E-state index in [9.17, 15) is 8.42 Å². The van der Waals surface area contributed by atoms with E-state index in [0.717, 1.165) is 11.1 Å². The van der Waals surface area contributed by atoms with Gasteiger partial charge in [-0.05, 0) is 36.2 Å². The second kappa shape index (κ2) is 6.54. The van der Waals surface area contributed by atoms with E-state index in [1.165, 1.54) is 0 Å². The summed E-state index contributed by atoms with van der Waals surface area (Å²) >= 11 is 0. The molecule has 0 atom stereocenters. The van der Waals surface area contributed by atoms with Gasteiger partial charge >= 0.3 is 0 Å². The third kappa shape index (κ3) is 4.08. The van der Waals surface area contributed by atoms with E-state index in [4.69, 9.17) is 5.73 Å². The molecule has 0 spiro atoms. The van der Waals surface area contributed by atoms with E-state index in [1.54, 1.807) is 12.1 Å². The van der Waals surface area contributed by atoms with Crippen molar-refractivity contribution in [1.82, 2.24) is 0 Å². The van der Waals surface area contributed by atoms with Crippen molar-refractivity contribution in [2.24, 2.45) is 5.73 Å². The lowest BCUT2D eigenvalue weighted by atomic mass is 10.1. The quantitative estimate of drug-likeness (QED) is 0.858. The van der Waals surface area contributed by atoms with Gasteiger partial charge in [0.1, 0.15) is 0 Å². The van der Waals surface area contributed by atoms with Gasteiger partial charge in [-0.2, -0.15) is 0 Å². The molecule has 20 heavy (non-hydrogen) atoms. The summed E-state index contributed by atoms with van der Waals surface area (Å²) in [6.07, 6.45) is 0.456.